The highest BCUT2D eigenvalue weighted by Crippen LogP contribution is 2.33. The predicted molar refractivity (Wildman–Crippen MR) is 108 cm³/mol. The van der Waals surface area contributed by atoms with Crippen LogP contribution in [0.4, 0.5) is 0 Å². The van der Waals surface area contributed by atoms with Gasteiger partial charge in [-0.15, -0.1) is 0 Å². The lowest BCUT2D eigenvalue weighted by atomic mass is 10.2. The highest BCUT2D eigenvalue weighted by Gasteiger charge is 2.12. The molecule has 0 unspecified atom stereocenters. The number of halogens is 1. The molecule has 0 aliphatic rings. The van der Waals surface area contributed by atoms with Crippen molar-refractivity contribution in [3.8, 4) is 22.9 Å². The lowest BCUT2D eigenvalue weighted by molar-refractivity contribution is 0.310. The van der Waals surface area contributed by atoms with Gasteiger partial charge in [-0.3, -0.25) is 0 Å². The van der Waals surface area contributed by atoms with Gasteiger partial charge in [-0.25, -0.2) is 9.77 Å². The third kappa shape index (κ3) is 3.91. The largest absolute Gasteiger partial charge is 0.493 e. The Kier molecular flexibility index (Phi) is 5.95. The van der Waals surface area contributed by atoms with E-state index in [9.17, 15) is 0 Å². The Hall–Kier alpha value is -2.32. The number of benzene rings is 2. The Labute approximate surface area is 165 Å². The minimum Gasteiger partial charge on any atom is -0.493 e. The molecule has 0 amide bonds. The number of rotatable bonds is 7. The second kappa shape index (κ2) is 8.37. The predicted octanol–water partition coefficient (Wildman–Crippen LogP) is 4.52. The average molecular weight is 435 g/mol. The zero-order chi connectivity index (χ0) is 18.5. The van der Waals surface area contributed by atoms with Crippen molar-refractivity contribution < 1.29 is 9.47 Å². The van der Waals surface area contributed by atoms with Gasteiger partial charge in [-0.1, -0.05) is 46.3 Å². The third-order valence-corrected chi connectivity index (χ3v) is 4.78. The molecule has 0 radical (unpaired) electrons. The average Bonchev–Trinajstić information content (AvgIpc) is 3.02. The second-order valence-corrected chi connectivity index (χ2v) is 6.66. The fourth-order valence-corrected chi connectivity index (χ4v) is 3.19. The van der Waals surface area contributed by atoms with E-state index >= 15 is 0 Å². The molecule has 8 heteroatoms. The van der Waals surface area contributed by atoms with Crippen molar-refractivity contribution in [2.24, 2.45) is 0 Å². The van der Waals surface area contributed by atoms with Crippen LogP contribution in [0.3, 0.4) is 0 Å². The highest BCUT2D eigenvalue weighted by molar-refractivity contribution is 9.10. The van der Waals surface area contributed by atoms with Crippen LogP contribution in [-0.2, 0) is 6.54 Å². The third-order valence-electron chi connectivity index (χ3n) is 3.76. The standard InChI is InChI=1S/C18H19BrN4O2S/c1-3-25-16-10-14(19)13(9-15(16)24-2)11-20-23-17(21-22-18(23)26)12-7-5-4-6-8-12/h4-10,20H,3,11H2,1-2H3,(H,22,26). The maximum atomic E-state index is 5.60. The van der Waals surface area contributed by atoms with Crippen LogP contribution < -0.4 is 14.9 Å². The van der Waals surface area contributed by atoms with E-state index in [1.165, 1.54) is 0 Å². The summed E-state index contributed by atoms with van der Waals surface area (Å²) in [4.78, 5) is 0. The molecule has 0 aliphatic carbocycles. The molecule has 3 rings (SSSR count). The molecule has 136 valence electrons. The van der Waals surface area contributed by atoms with Gasteiger partial charge in [0.25, 0.3) is 0 Å². The molecule has 6 nitrogen and oxygen atoms in total. The Bertz CT molecular complexity index is 940. The number of nitrogens with zero attached hydrogens (tertiary/aromatic N) is 2. The van der Waals surface area contributed by atoms with Crippen LogP contribution >= 0.6 is 28.1 Å². The number of ether oxygens (including phenoxy) is 2. The molecule has 0 aliphatic heterocycles. The van der Waals surface area contributed by atoms with E-state index < -0.39 is 0 Å². The van der Waals surface area contributed by atoms with Gasteiger partial charge in [-0.05, 0) is 36.8 Å². The summed E-state index contributed by atoms with van der Waals surface area (Å²) in [6.45, 7) is 3.04. The number of aromatic amines is 1. The lowest BCUT2D eigenvalue weighted by Crippen LogP contribution is -2.16. The molecule has 0 fully saturated rings. The zero-order valence-corrected chi connectivity index (χ0v) is 16.9. The Morgan fingerprint density at radius 3 is 2.69 bits per heavy atom. The maximum Gasteiger partial charge on any atom is 0.214 e. The molecule has 26 heavy (non-hydrogen) atoms. The van der Waals surface area contributed by atoms with Crippen LogP contribution in [0.5, 0.6) is 11.5 Å². The maximum absolute atomic E-state index is 5.60. The number of hydrogen-bond donors (Lipinski definition) is 2. The van der Waals surface area contributed by atoms with Crippen molar-refractivity contribution in [2.45, 2.75) is 13.5 Å². The molecule has 0 bridgehead atoms. The van der Waals surface area contributed by atoms with Crippen molar-refractivity contribution in [3.05, 3.63) is 57.3 Å². The molecule has 1 aromatic heterocycles. The minimum absolute atomic E-state index is 0.498. The topological polar surface area (TPSA) is 64.1 Å². The molecule has 2 aromatic carbocycles. The van der Waals surface area contributed by atoms with Gasteiger partial charge in [0, 0.05) is 10.0 Å². The van der Waals surface area contributed by atoms with Crippen LogP contribution in [0.1, 0.15) is 12.5 Å². The first-order valence-electron chi connectivity index (χ1n) is 8.10. The van der Waals surface area contributed by atoms with Crippen LogP contribution in [0.2, 0.25) is 0 Å². The molecule has 3 aromatic rings. The summed E-state index contributed by atoms with van der Waals surface area (Å²) < 4.78 is 14.2. The van der Waals surface area contributed by atoms with Gasteiger partial charge in [0.15, 0.2) is 17.3 Å². The van der Waals surface area contributed by atoms with Gasteiger partial charge in [0.2, 0.25) is 4.77 Å². The Morgan fingerprint density at radius 2 is 2.00 bits per heavy atom. The Balaban J connectivity index is 1.86. The SMILES string of the molecule is CCOc1cc(Br)c(CNn2c(-c3ccccc3)n[nH]c2=S)cc1OC. The fourth-order valence-electron chi connectivity index (χ4n) is 2.53. The van der Waals surface area contributed by atoms with Gasteiger partial charge in [-0.2, -0.15) is 5.10 Å². The van der Waals surface area contributed by atoms with E-state index in [0.29, 0.717) is 29.4 Å². The number of aromatic nitrogens is 3. The van der Waals surface area contributed by atoms with Crippen molar-refractivity contribution in [3.63, 3.8) is 0 Å². The van der Waals surface area contributed by atoms with Gasteiger partial charge < -0.3 is 14.9 Å². The molecule has 0 atom stereocenters. The van der Waals surface area contributed by atoms with Gasteiger partial charge >= 0.3 is 0 Å². The van der Waals surface area contributed by atoms with Crippen molar-refractivity contribution in [2.75, 3.05) is 19.1 Å². The summed E-state index contributed by atoms with van der Waals surface area (Å²) in [5.74, 6) is 2.12. The fraction of sp³-hybridized carbons (Fsp3) is 0.222. The summed E-state index contributed by atoms with van der Waals surface area (Å²) in [6.07, 6.45) is 0. The molecule has 0 saturated heterocycles. The van der Waals surface area contributed by atoms with Crippen LogP contribution in [0, 0.1) is 4.77 Å². The lowest BCUT2D eigenvalue weighted by Gasteiger charge is -2.15. The van der Waals surface area contributed by atoms with Crippen molar-refractivity contribution >= 4 is 28.1 Å². The quantitative estimate of drug-likeness (QED) is 0.535. The minimum atomic E-state index is 0.498. The molecular weight excluding hydrogens is 416 g/mol. The van der Waals surface area contributed by atoms with Gasteiger partial charge in [0.1, 0.15) is 0 Å². The number of hydrogen-bond acceptors (Lipinski definition) is 5. The number of H-pyrrole nitrogens is 1. The normalized spacial score (nSPS) is 10.6. The molecule has 1 heterocycles. The van der Waals surface area contributed by atoms with E-state index in [4.69, 9.17) is 21.7 Å². The van der Waals surface area contributed by atoms with E-state index in [-0.39, 0.29) is 0 Å². The van der Waals surface area contributed by atoms with E-state index in [1.54, 1.807) is 11.8 Å². The molecule has 0 spiro atoms. The molecule has 0 saturated carbocycles. The van der Waals surface area contributed by atoms with Crippen molar-refractivity contribution in [1.29, 1.82) is 0 Å². The summed E-state index contributed by atoms with van der Waals surface area (Å²) in [7, 11) is 1.63. The van der Waals surface area contributed by atoms with Crippen molar-refractivity contribution in [1.82, 2.24) is 14.9 Å². The van der Waals surface area contributed by atoms with Crippen LogP contribution in [0.15, 0.2) is 46.9 Å². The monoisotopic (exact) mass is 434 g/mol. The van der Waals surface area contributed by atoms with Gasteiger partial charge in [0.05, 0.1) is 20.3 Å². The smallest absolute Gasteiger partial charge is 0.214 e. The Morgan fingerprint density at radius 1 is 1.23 bits per heavy atom. The van der Waals surface area contributed by atoms with Crippen LogP contribution in [0.25, 0.3) is 11.4 Å². The second-order valence-electron chi connectivity index (χ2n) is 5.42. The first kappa shape index (κ1) is 18.5. The van der Waals surface area contributed by atoms with E-state index in [1.807, 2.05) is 49.4 Å². The summed E-state index contributed by atoms with van der Waals surface area (Å²) in [5.41, 5.74) is 5.29. The van der Waals surface area contributed by atoms with E-state index in [2.05, 4.69) is 31.6 Å². The first-order chi connectivity index (χ1) is 12.6. The summed E-state index contributed by atoms with van der Waals surface area (Å²) in [5, 5.41) is 7.15. The molecule has 2 N–H and O–H groups in total. The van der Waals surface area contributed by atoms with E-state index in [0.717, 1.165) is 21.4 Å². The first-order valence-corrected chi connectivity index (χ1v) is 9.30. The van der Waals surface area contributed by atoms with Crippen LogP contribution in [-0.4, -0.2) is 28.6 Å². The zero-order valence-electron chi connectivity index (χ0n) is 14.5. The highest BCUT2D eigenvalue weighted by atomic mass is 79.9. The summed E-state index contributed by atoms with van der Waals surface area (Å²) >= 11 is 8.94. The number of nitrogens with one attached hydrogen (secondary N) is 2. The summed E-state index contributed by atoms with van der Waals surface area (Å²) in [6, 6.07) is 13.7. The number of methoxy groups -OCH3 is 1. The molecular formula is C18H19BrN4O2S.